The molecule has 2 aromatic rings. The van der Waals surface area contributed by atoms with E-state index < -0.39 is 5.97 Å². The molecule has 0 bridgehead atoms. The Morgan fingerprint density at radius 3 is 2.58 bits per heavy atom. The Labute approximate surface area is 119 Å². The van der Waals surface area contributed by atoms with Crippen LogP contribution in [-0.2, 0) is 0 Å². The summed E-state index contributed by atoms with van der Waals surface area (Å²) in [5.41, 5.74) is 8.85. The number of aryl methyl sites for hydroxylation is 1. The number of benzene rings is 2. The van der Waals surface area contributed by atoms with Gasteiger partial charge in [0.2, 0.25) is 0 Å². The lowest BCUT2D eigenvalue weighted by molar-refractivity contribution is 0.0698. The third-order valence-electron chi connectivity index (χ3n) is 2.75. The van der Waals surface area contributed by atoms with Gasteiger partial charge in [-0.15, -0.1) is 0 Å². The van der Waals surface area contributed by atoms with Crippen LogP contribution in [0.15, 0.2) is 40.9 Å². The first-order chi connectivity index (χ1) is 8.97. The number of nitrogen functional groups attached to an aromatic ring is 1. The molecule has 0 aliphatic rings. The van der Waals surface area contributed by atoms with Crippen molar-refractivity contribution in [3.05, 3.63) is 52.0 Å². The Morgan fingerprint density at radius 2 is 2.00 bits per heavy atom. The highest BCUT2D eigenvalue weighted by Gasteiger charge is 2.08. The molecule has 0 radical (unpaired) electrons. The molecule has 0 unspecified atom stereocenters. The van der Waals surface area contributed by atoms with E-state index in [1.807, 2.05) is 25.1 Å². The van der Waals surface area contributed by atoms with Gasteiger partial charge in [-0.25, -0.2) is 4.79 Å². The maximum Gasteiger partial charge on any atom is 0.337 e. The molecule has 0 amide bonds. The van der Waals surface area contributed by atoms with Gasteiger partial charge in [0.1, 0.15) is 0 Å². The summed E-state index contributed by atoms with van der Waals surface area (Å²) in [4.78, 5) is 10.9. The number of anilines is 3. The first kappa shape index (κ1) is 13.4. The zero-order valence-corrected chi connectivity index (χ0v) is 11.9. The van der Waals surface area contributed by atoms with Crippen LogP contribution in [0.25, 0.3) is 0 Å². The fourth-order valence-electron chi connectivity index (χ4n) is 1.76. The third-order valence-corrected chi connectivity index (χ3v) is 3.24. The van der Waals surface area contributed by atoms with Crippen LogP contribution in [0.5, 0.6) is 0 Å². The highest BCUT2D eigenvalue weighted by Crippen LogP contribution is 2.26. The van der Waals surface area contributed by atoms with Crippen molar-refractivity contribution in [3.8, 4) is 0 Å². The summed E-state index contributed by atoms with van der Waals surface area (Å²) in [6.45, 7) is 1.99. The van der Waals surface area contributed by atoms with Gasteiger partial charge in [-0.3, -0.25) is 0 Å². The van der Waals surface area contributed by atoms with E-state index in [0.29, 0.717) is 0 Å². The molecule has 0 aliphatic carbocycles. The van der Waals surface area contributed by atoms with E-state index in [-0.39, 0.29) is 11.3 Å². The van der Waals surface area contributed by atoms with E-state index in [2.05, 4.69) is 21.2 Å². The van der Waals surface area contributed by atoms with Gasteiger partial charge in [0.25, 0.3) is 0 Å². The van der Waals surface area contributed by atoms with Gasteiger partial charge >= 0.3 is 5.97 Å². The fraction of sp³-hybridized carbons (Fsp3) is 0.0714. The van der Waals surface area contributed by atoms with Crippen molar-refractivity contribution in [1.29, 1.82) is 0 Å². The average Bonchev–Trinajstić information content (AvgIpc) is 2.32. The van der Waals surface area contributed by atoms with Crippen LogP contribution in [0.3, 0.4) is 0 Å². The summed E-state index contributed by atoms with van der Waals surface area (Å²) in [6, 6.07) is 10.7. The number of carboxylic acid groups (broad SMARTS) is 1. The number of nitrogens with two attached hydrogens (primary N) is 1. The second-order valence-electron chi connectivity index (χ2n) is 4.19. The minimum Gasteiger partial charge on any atom is -0.478 e. The fourth-order valence-corrected chi connectivity index (χ4v) is 2.23. The van der Waals surface area contributed by atoms with Crippen LogP contribution in [0.2, 0.25) is 0 Å². The molecule has 0 saturated heterocycles. The summed E-state index contributed by atoms with van der Waals surface area (Å²) in [5, 5.41) is 12.1. The van der Waals surface area contributed by atoms with Crippen LogP contribution < -0.4 is 11.1 Å². The van der Waals surface area contributed by atoms with Crippen molar-refractivity contribution >= 4 is 39.0 Å². The van der Waals surface area contributed by atoms with E-state index in [0.717, 1.165) is 21.4 Å². The minimum absolute atomic E-state index is 0.109. The zero-order valence-electron chi connectivity index (χ0n) is 10.3. The van der Waals surface area contributed by atoms with E-state index in [1.165, 1.54) is 6.07 Å². The van der Waals surface area contributed by atoms with Crippen LogP contribution in [0.1, 0.15) is 15.9 Å². The molecule has 5 heteroatoms. The van der Waals surface area contributed by atoms with Gasteiger partial charge < -0.3 is 16.2 Å². The predicted molar refractivity (Wildman–Crippen MR) is 80.0 cm³/mol. The van der Waals surface area contributed by atoms with E-state index in [9.17, 15) is 4.79 Å². The van der Waals surface area contributed by atoms with Gasteiger partial charge in [-0.05, 0) is 48.9 Å². The quantitative estimate of drug-likeness (QED) is 0.752. The number of rotatable bonds is 3. The van der Waals surface area contributed by atoms with Crippen LogP contribution >= 0.6 is 15.9 Å². The summed E-state index contributed by atoms with van der Waals surface area (Å²) in [7, 11) is 0. The summed E-state index contributed by atoms with van der Waals surface area (Å²) in [6.07, 6.45) is 0. The second kappa shape index (κ2) is 5.32. The van der Waals surface area contributed by atoms with Gasteiger partial charge in [-0.2, -0.15) is 0 Å². The number of halogens is 1. The third kappa shape index (κ3) is 3.06. The number of hydrogen-bond donors (Lipinski definition) is 3. The van der Waals surface area contributed by atoms with Crippen molar-refractivity contribution in [3.63, 3.8) is 0 Å². The van der Waals surface area contributed by atoms with Crippen LogP contribution in [-0.4, -0.2) is 11.1 Å². The monoisotopic (exact) mass is 320 g/mol. The number of hydrogen-bond acceptors (Lipinski definition) is 3. The van der Waals surface area contributed by atoms with Gasteiger partial charge in [0, 0.05) is 21.5 Å². The molecule has 2 aromatic carbocycles. The summed E-state index contributed by atoms with van der Waals surface area (Å²) >= 11 is 3.41. The van der Waals surface area contributed by atoms with Crippen LogP contribution in [0, 0.1) is 6.92 Å². The molecule has 4 N–H and O–H groups in total. The Bertz CT molecular complexity index is 641. The van der Waals surface area contributed by atoms with Crippen molar-refractivity contribution in [1.82, 2.24) is 0 Å². The first-order valence-corrected chi connectivity index (χ1v) is 6.42. The molecular weight excluding hydrogens is 308 g/mol. The van der Waals surface area contributed by atoms with Crippen molar-refractivity contribution < 1.29 is 9.90 Å². The normalized spacial score (nSPS) is 10.2. The van der Waals surface area contributed by atoms with Gasteiger partial charge in [0.15, 0.2) is 0 Å². The lowest BCUT2D eigenvalue weighted by Crippen LogP contribution is -2.03. The molecule has 98 valence electrons. The highest BCUT2D eigenvalue weighted by atomic mass is 79.9. The Balaban J connectivity index is 2.29. The Hall–Kier alpha value is -2.01. The van der Waals surface area contributed by atoms with E-state index in [4.69, 9.17) is 10.8 Å². The first-order valence-electron chi connectivity index (χ1n) is 5.63. The van der Waals surface area contributed by atoms with Crippen molar-refractivity contribution in [2.45, 2.75) is 6.92 Å². The number of carboxylic acids is 1. The molecule has 0 atom stereocenters. The Kier molecular flexibility index (Phi) is 3.76. The van der Waals surface area contributed by atoms with E-state index >= 15 is 0 Å². The zero-order chi connectivity index (χ0) is 14.0. The van der Waals surface area contributed by atoms with Crippen molar-refractivity contribution in [2.24, 2.45) is 0 Å². The SMILES string of the molecule is Cc1cc(Br)ccc1Nc1ccc(C(=O)O)c(N)c1. The lowest BCUT2D eigenvalue weighted by atomic mass is 10.1. The molecule has 0 fully saturated rings. The van der Waals surface area contributed by atoms with E-state index in [1.54, 1.807) is 12.1 Å². The maximum atomic E-state index is 10.9. The molecule has 0 aromatic heterocycles. The van der Waals surface area contributed by atoms with Gasteiger partial charge in [-0.1, -0.05) is 15.9 Å². The Morgan fingerprint density at radius 1 is 1.26 bits per heavy atom. The summed E-state index contributed by atoms with van der Waals surface area (Å²) in [5.74, 6) is -1.02. The molecule has 0 aliphatic heterocycles. The van der Waals surface area contributed by atoms with Crippen molar-refractivity contribution in [2.75, 3.05) is 11.1 Å². The predicted octanol–water partition coefficient (Wildman–Crippen LogP) is 3.78. The molecule has 4 nitrogen and oxygen atoms in total. The number of nitrogens with one attached hydrogen (secondary N) is 1. The topological polar surface area (TPSA) is 75.3 Å². The smallest absolute Gasteiger partial charge is 0.337 e. The second-order valence-corrected chi connectivity index (χ2v) is 5.11. The van der Waals surface area contributed by atoms with Crippen LogP contribution in [0.4, 0.5) is 17.1 Å². The minimum atomic E-state index is -1.02. The largest absolute Gasteiger partial charge is 0.478 e. The molecule has 19 heavy (non-hydrogen) atoms. The number of carbonyl (C=O) groups is 1. The molecular formula is C14H13BrN2O2. The molecule has 0 saturated carbocycles. The molecule has 2 rings (SSSR count). The summed E-state index contributed by atoms with van der Waals surface area (Å²) < 4.78 is 1.01. The average molecular weight is 321 g/mol. The molecule has 0 spiro atoms. The molecule has 0 heterocycles. The number of aromatic carboxylic acids is 1. The van der Waals surface area contributed by atoms with Gasteiger partial charge in [0.05, 0.1) is 5.56 Å². The maximum absolute atomic E-state index is 10.9. The highest BCUT2D eigenvalue weighted by molar-refractivity contribution is 9.10. The lowest BCUT2D eigenvalue weighted by Gasteiger charge is -2.11. The standard InChI is InChI=1S/C14H13BrN2O2/c1-8-6-9(15)2-5-13(8)17-10-3-4-11(14(18)19)12(16)7-10/h2-7,17H,16H2,1H3,(H,18,19).